The SMILES string of the molecule is NC1=NOC(=O)C12C=C(c1ccc(Cl)cc1)OC(c1ccc(Cl)cc1)=C2. The molecule has 2 aliphatic rings. The van der Waals surface area contributed by atoms with E-state index in [-0.39, 0.29) is 5.84 Å². The lowest BCUT2D eigenvalue weighted by Crippen LogP contribution is -2.38. The number of oxime groups is 1. The summed E-state index contributed by atoms with van der Waals surface area (Å²) >= 11 is 11.9. The van der Waals surface area contributed by atoms with Crippen LogP contribution in [0.1, 0.15) is 11.1 Å². The van der Waals surface area contributed by atoms with E-state index in [0.29, 0.717) is 21.6 Å². The minimum Gasteiger partial charge on any atom is -0.457 e. The van der Waals surface area contributed by atoms with Crippen molar-refractivity contribution in [3.63, 3.8) is 0 Å². The molecule has 0 aliphatic carbocycles. The van der Waals surface area contributed by atoms with Crippen molar-refractivity contribution in [2.24, 2.45) is 16.3 Å². The molecule has 7 heteroatoms. The number of hydrogen-bond donors (Lipinski definition) is 1. The lowest BCUT2D eigenvalue weighted by Gasteiger charge is -2.26. The molecule has 2 aliphatic heterocycles. The maximum absolute atomic E-state index is 12.4. The first-order valence-corrected chi connectivity index (χ1v) is 8.44. The predicted molar refractivity (Wildman–Crippen MR) is 100 cm³/mol. The second-order valence-electron chi connectivity index (χ2n) is 5.86. The maximum Gasteiger partial charge on any atom is 0.356 e. The Hall–Kier alpha value is -2.76. The van der Waals surface area contributed by atoms with Crippen LogP contribution >= 0.6 is 23.2 Å². The van der Waals surface area contributed by atoms with Gasteiger partial charge in [0.15, 0.2) is 11.3 Å². The third-order valence-corrected chi connectivity index (χ3v) is 4.69. The van der Waals surface area contributed by atoms with E-state index in [1.807, 2.05) is 0 Å². The number of amidine groups is 1. The van der Waals surface area contributed by atoms with Crippen LogP contribution in [0.3, 0.4) is 0 Å². The Morgan fingerprint density at radius 3 is 1.69 bits per heavy atom. The average molecular weight is 387 g/mol. The molecule has 2 heterocycles. The molecule has 0 bridgehead atoms. The molecule has 0 aromatic heterocycles. The molecule has 5 nitrogen and oxygen atoms in total. The molecule has 0 radical (unpaired) electrons. The molecule has 0 fully saturated rings. The Bertz CT molecular complexity index is 915. The number of benzene rings is 2. The van der Waals surface area contributed by atoms with Gasteiger partial charge in [-0.3, -0.25) is 0 Å². The molecular formula is C19H12Cl2N2O3. The van der Waals surface area contributed by atoms with Crippen LogP contribution in [0.15, 0.2) is 65.8 Å². The van der Waals surface area contributed by atoms with Gasteiger partial charge < -0.3 is 15.3 Å². The molecule has 0 atom stereocenters. The first-order valence-electron chi connectivity index (χ1n) is 7.69. The monoisotopic (exact) mass is 386 g/mol. The fraction of sp³-hybridized carbons (Fsp3) is 0.0526. The van der Waals surface area contributed by atoms with Gasteiger partial charge in [0.05, 0.1) is 0 Å². The number of carbonyl (C=O) groups is 1. The number of carbonyl (C=O) groups excluding carboxylic acids is 1. The van der Waals surface area contributed by atoms with E-state index < -0.39 is 11.4 Å². The summed E-state index contributed by atoms with van der Waals surface area (Å²) in [5.41, 5.74) is 6.14. The molecule has 2 N–H and O–H groups in total. The highest BCUT2D eigenvalue weighted by atomic mass is 35.5. The normalized spacial score (nSPS) is 17.9. The molecule has 1 spiro atoms. The van der Waals surface area contributed by atoms with Crippen molar-refractivity contribution in [1.29, 1.82) is 0 Å². The Balaban J connectivity index is 1.85. The molecule has 0 saturated heterocycles. The van der Waals surface area contributed by atoms with Crippen molar-refractivity contribution in [3.8, 4) is 0 Å². The largest absolute Gasteiger partial charge is 0.457 e. The lowest BCUT2D eigenvalue weighted by atomic mass is 9.83. The Morgan fingerprint density at radius 1 is 0.846 bits per heavy atom. The zero-order valence-corrected chi connectivity index (χ0v) is 14.8. The summed E-state index contributed by atoms with van der Waals surface area (Å²) in [4.78, 5) is 17.2. The van der Waals surface area contributed by atoms with E-state index in [1.165, 1.54) is 0 Å². The number of rotatable bonds is 2. The van der Waals surface area contributed by atoms with E-state index in [4.69, 9.17) is 38.5 Å². The van der Waals surface area contributed by atoms with Gasteiger partial charge in [0.2, 0.25) is 0 Å². The number of nitrogens with zero attached hydrogens (tertiary/aromatic N) is 1. The number of ether oxygens (including phenoxy) is 1. The highest BCUT2D eigenvalue weighted by molar-refractivity contribution is 6.30. The van der Waals surface area contributed by atoms with Crippen molar-refractivity contribution in [3.05, 3.63) is 81.9 Å². The summed E-state index contributed by atoms with van der Waals surface area (Å²) in [6.45, 7) is 0. The minimum atomic E-state index is -1.32. The third-order valence-electron chi connectivity index (χ3n) is 4.18. The van der Waals surface area contributed by atoms with Crippen molar-refractivity contribution >= 4 is 46.5 Å². The summed E-state index contributed by atoms with van der Waals surface area (Å²) in [6, 6.07) is 14.1. The second-order valence-corrected chi connectivity index (χ2v) is 6.73. The first kappa shape index (κ1) is 16.7. The van der Waals surface area contributed by atoms with Gasteiger partial charge in [0, 0.05) is 21.2 Å². The average Bonchev–Trinajstić information content (AvgIpc) is 2.90. The van der Waals surface area contributed by atoms with Crippen molar-refractivity contribution in [1.82, 2.24) is 0 Å². The number of hydrogen-bond acceptors (Lipinski definition) is 5. The van der Waals surface area contributed by atoms with Crippen LogP contribution in [0.25, 0.3) is 11.5 Å². The molecule has 2 aromatic rings. The lowest BCUT2D eigenvalue weighted by molar-refractivity contribution is -0.144. The summed E-state index contributed by atoms with van der Waals surface area (Å²) in [5.74, 6) is 0.359. The summed E-state index contributed by atoms with van der Waals surface area (Å²) in [5, 5.41) is 4.82. The number of nitrogens with two attached hydrogens (primary N) is 1. The van der Waals surface area contributed by atoms with Gasteiger partial charge in [0.25, 0.3) is 0 Å². The van der Waals surface area contributed by atoms with E-state index in [9.17, 15) is 4.79 Å². The fourth-order valence-electron chi connectivity index (χ4n) is 2.76. The zero-order chi connectivity index (χ0) is 18.3. The van der Waals surface area contributed by atoms with Crippen LogP contribution in [0.2, 0.25) is 10.0 Å². The second kappa shape index (κ2) is 6.20. The molecular weight excluding hydrogens is 375 g/mol. The highest BCUT2D eigenvalue weighted by Gasteiger charge is 2.49. The van der Waals surface area contributed by atoms with Gasteiger partial charge in [-0.05, 0) is 60.7 Å². The van der Waals surface area contributed by atoms with Crippen LogP contribution in [-0.2, 0) is 14.4 Å². The smallest absolute Gasteiger partial charge is 0.356 e. The van der Waals surface area contributed by atoms with E-state index in [2.05, 4.69) is 5.16 Å². The molecule has 26 heavy (non-hydrogen) atoms. The van der Waals surface area contributed by atoms with Crippen LogP contribution < -0.4 is 5.73 Å². The third kappa shape index (κ3) is 2.75. The van der Waals surface area contributed by atoms with Crippen LogP contribution in [0.5, 0.6) is 0 Å². The Labute approximate surface area is 159 Å². The van der Waals surface area contributed by atoms with E-state index >= 15 is 0 Å². The Morgan fingerprint density at radius 2 is 1.31 bits per heavy atom. The van der Waals surface area contributed by atoms with Crippen molar-refractivity contribution in [2.45, 2.75) is 0 Å². The summed E-state index contributed by atoms with van der Waals surface area (Å²) in [7, 11) is 0. The molecule has 130 valence electrons. The summed E-state index contributed by atoms with van der Waals surface area (Å²) in [6.07, 6.45) is 3.20. The zero-order valence-electron chi connectivity index (χ0n) is 13.3. The number of halogens is 2. The van der Waals surface area contributed by atoms with Gasteiger partial charge in [-0.1, -0.05) is 28.4 Å². The standard InChI is InChI=1S/C19H12Cl2N2O3/c20-13-5-1-11(2-6-13)15-9-19(17(22)23-26-18(19)24)10-16(25-15)12-3-7-14(21)8-4-12/h1-10H,(H2,22,23). The molecule has 4 rings (SSSR count). The Kier molecular flexibility index (Phi) is 3.98. The van der Waals surface area contributed by atoms with Crippen molar-refractivity contribution in [2.75, 3.05) is 0 Å². The van der Waals surface area contributed by atoms with Gasteiger partial charge in [0.1, 0.15) is 11.5 Å². The topological polar surface area (TPSA) is 73.9 Å². The van der Waals surface area contributed by atoms with E-state index in [0.717, 1.165) is 11.1 Å². The minimum absolute atomic E-state index is 0.0451. The molecule has 2 aromatic carbocycles. The van der Waals surface area contributed by atoms with E-state index in [1.54, 1.807) is 60.7 Å². The van der Waals surface area contributed by atoms with Crippen LogP contribution in [0, 0.1) is 5.41 Å². The van der Waals surface area contributed by atoms with Gasteiger partial charge in [-0.2, -0.15) is 0 Å². The highest BCUT2D eigenvalue weighted by Crippen LogP contribution is 2.41. The van der Waals surface area contributed by atoms with Gasteiger partial charge >= 0.3 is 5.97 Å². The first-order chi connectivity index (χ1) is 12.5. The predicted octanol–water partition coefficient (Wildman–Crippen LogP) is 4.22. The quantitative estimate of drug-likeness (QED) is 0.783. The molecule has 0 amide bonds. The molecule has 0 unspecified atom stereocenters. The summed E-state index contributed by atoms with van der Waals surface area (Å²) < 4.78 is 6.04. The molecule has 0 saturated carbocycles. The van der Waals surface area contributed by atoms with Crippen molar-refractivity contribution < 1.29 is 14.4 Å². The van der Waals surface area contributed by atoms with Gasteiger partial charge in [-0.25, -0.2) is 4.79 Å². The van der Waals surface area contributed by atoms with Crippen LogP contribution in [-0.4, -0.2) is 11.8 Å². The fourth-order valence-corrected chi connectivity index (χ4v) is 3.01. The van der Waals surface area contributed by atoms with Crippen LogP contribution in [0.4, 0.5) is 0 Å². The maximum atomic E-state index is 12.4. The van der Waals surface area contributed by atoms with Gasteiger partial charge in [-0.15, -0.1) is 0 Å².